The maximum Gasteiger partial charge on any atom is 0.0459 e. The lowest BCUT2D eigenvalue weighted by molar-refractivity contribution is 0.277. The molecule has 0 aromatic rings. The van der Waals surface area contributed by atoms with Gasteiger partial charge in [0.05, 0.1) is 0 Å². The Morgan fingerprint density at radius 2 is 2.00 bits per heavy atom. The Hall–Kier alpha value is 0.440. The molecule has 1 aliphatic carbocycles. The minimum absolute atomic E-state index is 0. The third-order valence-corrected chi connectivity index (χ3v) is 0.955. The lowest BCUT2D eigenvalue weighted by Crippen LogP contribution is -1.78. The molecular formula is C4H9BrO. The number of aliphatic hydroxyl groups is 1. The summed E-state index contributed by atoms with van der Waals surface area (Å²) in [6.45, 7) is 0.417. The number of halogens is 1. The fourth-order valence-electron chi connectivity index (χ4n) is 0.300. The molecule has 0 bridgehead atoms. The van der Waals surface area contributed by atoms with Gasteiger partial charge in [-0.15, -0.1) is 17.0 Å². The molecule has 0 atom stereocenters. The molecule has 38 valence electrons. The molecule has 2 heteroatoms. The standard InChI is InChI=1S/C4H8O.BrH/c5-3-4-1-2-4;/h4-5H,1-3H2;1H. The molecule has 1 aliphatic rings. The number of hydrogen-bond donors (Lipinski definition) is 1. The van der Waals surface area contributed by atoms with Crippen molar-refractivity contribution in [2.75, 3.05) is 6.61 Å². The summed E-state index contributed by atoms with van der Waals surface area (Å²) in [5, 5.41) is 8.21. The molecule has 1 saturated carbocycles. The first-order valence-corrected chi connectivity index (χ1v) is 2.04. The molecule has 0 saturated heterocycles. The van der Waals surface area contributed by atoms with Gasteiger partial charge in [-0.3, -0.25) is 0 Å². The molecule has 0 aromatic carbocycles. The zero-order chi connectivity index (χ0) is 3.70. The van der Waals surface area contributed by atoms with E-state index in [9.17, 15) is 0 Å². The van der Waals surface area contributed by atoms with Crippen LogP contribution in [0.25, 0.3) is 0 Å². The van der Waals surface area contributed by atoms with Gasteiger partial charge in [0.25, 0.3) is 0 Å². The molecular weight excluding hydrogens is 144 g/mol. The molecule has 1 rings (SSSR count). The maximum atomic E-state index is 8.21. The Morgan fingerprint density at radius 1 is 1.50 bits per heavy atom. The second kappa shape index (κ2) is 2.59. The highest BCUT2D eigenvalue weighted by Gasteiger charge is 2.18. The van der Waals surface area contributed by atoms with Gasteiger partial charge in [0.2, 0.25) is 0 Å². The van der Waals surface area contributed by atoms with Crippen LogP contribution in [-0.4, -0.2) is 11.7 Å². The number of hydrogen-bond acceptors (Lipinski definition) is 1. The van der Waals surface area contributed by atoms with Gasteiger partial charge in [-0.25, -0.2) is 0 Å². The highest BCUT2D eigenvalue weighted by atomic mass is 79.9. The van der Waals surface area contributed by atoms with Gasteiger partial charge < -0.3 is 5.11 Å². The first kappa shape index (κ1) is 6.44. The third kappa shape index (κ3) is 1.78. The number of aliphatic hydroxyl groups excluding tert-OH is 1. The molecule has 0 amide bonds. The predicted molar refractivity (Wildman–Crippen MR) is 30.1 cm³/mol. The molecule has 0 aromatic heterocycles. The summed E-state index contributed by atoms with van der Waals surface area (Å²) in [6.07, 6.45) is 2.52. The van der Waals surface area contributed by atoms with Crippen LogP contribution in [0.3, 0.4) is 0 Å². The van der Waals surface area contributed by atoms with Gasteiger partial charge >= 0.3 is 0 Å². The lowest BCUT2D eigenvalue weighted by Gasteiger charge is -1.73. The average Bonchev–Trinajstić information content (AvgIpc) is 2.12. The first-order valence-electron chi connectivity index (χ1n) is 2.04. The maximum absolute atomic E-state index is 8.21. The normalized spacial score (nSPS) is 19.5. The monoisotopic (exact) mass is 152 g/mol. The smallest absolute Gasteiger partial charge is 0.0459 e. The van der Waals surface area contributed by atoms with Crippen LogP contribution >= 0.6 is 17.0 Å². The highest BCUT2D eigenvalue weighted by molar-refractivity contribution is 8.93. The molecule has 1 nitrogen and oxygen atoms in total. The van der Waals surface area contributed by atoms with Crippen LogP contribution in [0.4, 0.5) is 0 Å². The Morgan fingerprint density at radius 3 is 2.00 bits per heavy atom. The largest absolute Gasteiger partial charge is 0.396 e. The van der Waals surface area contributed by atoms with Crippen molar-refractivity contribution < 1.29 is 5.11 Å². The van der Waals surface area contributed by atoms with Crippen LogP contribution < -0.4 is 0 Å². The fourth-order valence-corrected chi connectivity index (χ4v) is 0.300. The summed E-state index contributed by atoms with van der Waals surface area (Å²) in [6, 6.07) is 0. The van der Waals surface area contributed by atoms with Crippen LogP contribution in [0.2, 0.25) is 0 Å². The van der Waals surface area contributed by atoms with Crippen molar-refractivity contribution in [3.63, 3.8) is 0 Å². The van der Waals surface area contributed by atoms with E-state index < -0.39 is 0 Å². The van der Waals surface area contributed by atoms with Crippen molar-refractivity contribution >= 4 is 17.0 Å². The van der Waals surface area contributed by atoms with Crippen LogP contribution in [0, 0.1) is 5.92 Å². The third-order valence-electron chi connectivity index (χ3n) is 0.955. The summed E-state index contributed by atoms with van der Waals surface area (Å²) in [5.74, 6) is 0.690. The van der Waals surface area contributed by atoms with E-state index in [0.29, 0.717) is 12.5 Å². The Bertz CT molecular complexity index is 34.5. The number of rotatable bonds is 1. The molecule has 0 radical (unpaired) electrons. The second-order valence-electron chi connectivity index (χ2n) is 1.63. The second-order valence-corrected chi connectivity index (χ2v) is 1.63. The van der Waals surface area contributed by atoms with Crippen LogP contribution in [0.15, 0.2) is 0 Å². The van der Waals surface area contributed by atoms with Crippen molar-refractivity contribution in [1.82, 2.24) is 0 Å². The predicted octanol–water partition coefficient (Wildman–Crippen LogP) is 0.967. The van der Waals surface area contributed by atoms with Gasteiger partial charge in [0, 0.05) is 6.61 Å². The molecule has 1 fully saturated rings. The molecule has 0 aliphatic heterocycles. The van der Waals surface area contributed by atoms with Crippen LogP contribution in [-0.2, 0) is 0 Å². The average molecular weight is 153 g/mol. The minimum Gasteiger partial charge on any atom is -0.396 e. The van der Waals surface area contributed by atoms with E-state index in [4.69, 9.17) is 5.11 Å². The van der Waals surface area contributed by atoms with Gasteiger partial charge in [-0.1, -0.05) is 0 Å². The van der Waals surface area contributed by atoms with E-state index in [1.807, 2.05) is 0 Å². The van der Waals surface area contributed by atoms with Crippen LogP contribution in [0.1, 0.15) is 12.8 Å². The lowest BCUT2D eigenvalue weighted by atomic mass is 10.5. The SMILES string of the molecule is Br.OCC1CC1. The van der Waals surface area contributed by atoms with Crippen molar-refractivity contribution in [2.45, 2.75) is 12.8 Å². The van der Waals surface area contributed by atoms with Gasteiger partial charge in [0.1, 0.15) is 0 Å². The Kier molecular flexibility index (Phi) is 2.78. The van der Waals surface area contributed by atoms with E-state index >= 15 is 0 Å². The van der Waals surface area contributed by atoms with E-state index in [1.54, 1.807) is 0 Å². The molecule has 6 heavy (non-hydrogen) atoms. The Labute approximate surface area is 48.1 Å². The molecule has 1 N–H and O–H groups in total. The van der Waals surface area contributed by atoms with E-state index in [0.717, 1.165) is 0 Å². The van der Waals surface area contributed by atoms with Crippen molar-refractivity contribution in [3.05, 3.63) is 0 Å². The topological polar surface area (TPSA) is 20.2 Å². The fraction of sp³-hybridized carbons (Fsp3) is 1.00. The Balaban J connectivity index is 0.000000250. The van der Waals surface area contributed by atoms with E-state index in [1.165, 1.54) is 12.8 Å². The molecule has 0 heterocycles. The first-order chi connectivity index (χ1) is 2.43. The molecule has 0 spiro atoms. The van der Waals surface area contributed by atoms with Gasteiger partial charge in [-0.05, 0) is 18.8 Å². The highest BCUT2D eigenvalue weighted by Crippen LogP contribution is 2.27. The van der Waals surface area contributed by atoms with Crippen molar-refractivity contribution in [3.8, 4) is 0 Å². The molecule has 0 unspecified atom stereocenters. The summed E-state index contributed by atoms with van der Waals surface area (Å²) in [4.78, 5) is 0. The van der Waals surface area contributed by atoms with Crippen LogP contribution in [0.5, 0.6) is 0 Å². The van der Waals surface area contributed by atoms with E-state index in [2.05, 4.69) is 0 Å². The zero-order valence-corrected chi connectivity index (χ0v) is 5.27. The quantitative estimate of drug-likeness (QED) is 0.594. The summed E-state index contributed by atoms with van der Waals surface area (Å²) in [5.41, 5.74) is 0. The van der Waals surface area contributed by atoms with Gasteiger partial charge in [0.15, 0.2) is 0 Å². The van der Waals surface area contributed by atoms with Crippen molar-refractivity contribution in [2.24, 2.45) is 5.92 Å². The van der Waals surface area contributed by atoms with Gasteiger partial charge in [-0.2, -0.15) is 0 Å². The van der Waals surface area contributed by atoms with E-state index in [-0.39, 0.29) is 17.0 Å². The zero-order valence-electron chi connectivity index (χ0n) is 3.55. The summed E-state index contributed by atoms with van der Waals surface area (Å²) >= 11 is 0. The van der Waals surface area contributed by atoms with Crippen molar-refractivity contribution in [1.29, 1.82) is 0 Å². The summed E-state index contributed by atoms with van der Waals surface area (Å²) in [7, 11) is 0. The summed E-state index contributed by atoms with van der Waals surface area (Å²) < 4.78 is 0. The minimum atomic E-state index is 0.